The molecule has 5 heteroatoms. The molecule has 0 saturated heterocycles. The van der Waals surface area contributed by atoms with Crippen molar-refractivity contribution in [1.29, 1.82) is 0 Å². The number of amides is 1. The maximum Gasteiger partial charge on any atom is 0.251 e. The Balaban J connectivity index is 1.63. The molecule has 0 bridgehead atoms. The van der Waals surface area contributed by atoms with Crippen molar-refractivity contribution in [1.82, 2.24) is 10.3 Å². The van der Waals surface area contributed by atoms with Gasteiger partial charge in [-0.1, -0.05) is 23.7 Å². The number of hydrogen-bond donors (Lipinski definition) is 1. The van der Waals surface area contributed by atoms with Crippen molar-refractivity contribution < 1.29 is 9.21 Å². The lowest BCUT2D eigenvalue weighted by molar-refractivity contribution is 0.0951. The number of hydrogen-bond acceptors (Lipinski definition) is 3. The van der Waals surface area contributed by atoms with Crippen LogP contribution in [-0.2, 0) is 6.54 Å². The van der Waals surface area contributed by atoms with Gasteiger partial charge in [0.1, 0.15) is 0 Å². The number of nitrogens with one attached hydrogen (secondary N) is 1. The number of nitrogens with zero attached hydrogens (tertiary/aromatic N) is 1. The summed E-state index contributed by atoms with van der Waals surface area (Å²) in [4.78, 5) is 16.4. The molecule has 3 aromatic rings. The molecule has 0 saturated carbocycles. The molecular formula is C17H13ClN2O2. The molecular weight excluding hydrogens is 300 g/mol. The first-order valence-corrected chi connectivity index (χ1v) is 7.11. The molecule has 2 heterocycles. The van der Waals surface area contributed by atoms with Crippen molar-refractivity contribution in [3.8, 4) is 11.3 Å². The summed E-state index contributed by atoms with van der Waals surface area (Å²) in [5.41, 5.74) is 3.21. The molecule has 0 aliphatic heterocycles. The molecule has 0 fully saturated rings. The smallest absolute Gasteiger partial charge is 0.251 e. The second kappa shape index (κ2) is 6.45. The van der Waals surface area contributed by atoms with Gasteiger partial charge < -0.3 is 9.73 Å². The number of rotatable bonds is 4. The summed E-state index contributed by atoms with van der Waals surface area (Å²) in [6, 6.07) is 12.5. The minimum absolute atomic E-state index is 0.165. The van der Waals surface area contributed by atoms with E-state index in [1.165, 1.54) is 0 Å². The SMILES string of the molecule is O=C(NCc1ccc(-c2ccoc2)nc1)c1cccc(Cl)c1. The molecule has 3 rings (SSSR count). The van der Waals surface area contributed by atoms with E-state index in [-0.39, 0.29) is 5.91 Å². The molecule has 1 N–H and O–H groups in total. The van der Waals surface area contributed by atoms with Gasteiger partial charge >= 0.3 is 0 Å². The zero-order valence-electron chi connectivity index (χ0n) is 11.6. The Morgan fingerprint density at radius 1 is 1.23 bits per heavy atom. The van der Waals surface area contributed by atoms with Gasteiger partial charge in [0.05, 0.1) is 18.2 Å². The highest BCUT2D eigenvalue weighted by Crippen LogP contribution is 2.17. The van der Waals surface area contributed by atoms with E-state index in [1.807, 2.05) is 18.2 Å². The van der Waals surface area contributed by atoms with Crippen molar-refractivity contribution in [2.24, 2.45) is 0 Å². The van der Waals surface area contributed by atoms with E-state index in [0.29, 0.717) is 17.1 Å². The van der Waals surface area contributed by atoms with Crippen molar-refractivity contribution in [3.63, 3.8) is 0 Å². The van der Waals surface area contributed by atoms with Crippen LogP contribution in [0.25, 0.3) is 11.3 Å². The Morgan fingerprint density at radius 3 is 2.82 bits per heavy atom. The third-order valence-corrected chi connectivity index (χ3v) is 3.42. The van der Waals surface area contributed by atoms with Crippen LogP contribution >= 0.6 is 11.6 Å². The van der Waals surface area contributed by atoms with Gasteiger partial charge in [-0.15, -0.1) is 0 Å². The predicted molar refractivity (Wildman–Crippen MR) is 84.6 cm³/mol. The van der Waals surface area contributed by atoms with E-state index in [0.717, 1.165) is 16.8 Å². The summed E-state index contributed by atoms with van der Waals surface area (Å²) in [5.74, 6) is -0.165. The van der Waals surface area contributed by atoms with Gasteiger partial charge in [-0.3, -0.25) is 9.78 Å². The average Bonchev–Trinajstić information content (AvgIpc) is 3.07. The van der Waals surface area contributed by atoms with Gasteiger partial charge in [-0.25, -0.2) is 0 Å². The minimum Gasteiger partial charge on any atom is -0.472 e. The summed E-state index contributed by atoms with van der Waals surface area (Å²) in [6.45, 7) is 0.407. The molecule has 1 aromatic carbocycles. The topological polar surface area (TPSA) is 55.1 Å². The summed E-state index contributed by atoms with van der Waals surface area (Å²) in [7, 11) is 0. The molecule has 0 unspecified atom stereocenters. The minimum atomic E-state index is -0.165. The molecule has 0 radical (unpaired) electrons. The van der Waals surface area contributed by atoms with Crippen LogP contribution < -0.4 is 5.32 Å². The molecule has 0 aliphatic carbocycles. The van der Waals surface area contributed by atoms with Crippen LogP contribution in [0, 0.1) is 0 Å². The van der Waals surface area contributed by atoms with Crippen LogP contribution in [-0.4, -0.2) is 10.9 Å². The predicted octanol–water partition coefficient (Wildman–Crippen LogP) is 3.93. The highest BCUT2D eigenvalue weighted by atomic mass is 35.5. The average molecular weight is 313 g/mol. The summed E-state index contributed by atoms with van der Waals surface area (Å²) in [6.07, 6.45) is 4.99. The van der Waals surface area contributed by atoms with Gasteiger partial charge in [-0.2, -0.15) is 0 Å². The lowest BCUT2D eigenvalue weighted by atomic mass is 10.2. The van der Waals surface area contributed by atoms with Crippen molar-refractivity contribution in [2.75, 3.05) is 0 Å². The van der Waals surface area contributed by atoms with Crippen LogP contribution in [0.3, 0.4) is 0 Å². The number of aromatic nitrogens is 1. The van der Waals surface area contributed by atoms with Crippen LogP contribution in [0.1, 0.15) is 15.9 Å². The number of carbonyl (C=O) groups excluding carboxylic acids is 1. The Hall–Kier alpha value is -2.59. The fourth-order valence-electron chi connectivity index (χ4n) is 2.02. The Bertz CT molecular complexity index is 768. The zero-order valence-corrected chi connectivity index (χ0v) is 12.4. The lowest BCUT2D eigenvalue weighted by Crippen LogP contribution is -2.22. The molecule has 2 aromatic heterocycles. The number of benzene rings is 1. The second-order valence-electron chi connectivity index (χ2n) is 4.76. The summed E-state index contributed by atoms with van der Waals surface area (Å²) in [5, 5.41) is 3.38. The Kier molecular flexibility index (Phi) is 4.21. The number of pyridine rings is 1. The van der Waals surface area contributed by atoms with Gasteiger partial charge in [-0.05, 0) is 35.9 Å². The van der Waals surface area contributed by atoms with Crippen LogP contribution in [0.4, 0.5) is 0 Å². The van der Waals surface area contributed by atoms with E-state index >= 15 is 0 Å². The highest BCUT2D eigenvalue weighted by Gasteiger charge is 2.06. The monoisotopic (exact) mass is 312 g/mol. The van der Waals surface area contributed by atoms with E-state index in [9.17, 15) is 4.79 Å². The maximum atomic E-state index is 12.0. The summed E-state index contributed by atoms with van der Waals surface area (Å²) >= 11 is 5.87. The fourth-order valence-corrected chi connectivity index (χ4v) is 2.21. The van der Waals surface area contributed by atoms with Crippen molar-refractivity contribution in [2.45, 2.75) is 6.54 Å². The zero-order chi connectivity index (χ0) is 15.4. The van der Waals surface area contributed by atoms with E-state index in [2.05, 4.69) is 10.3 Å². The van der Waals surface area contributed by atoms with Crippen molar-refractivity contribution >= 4 is 17.5 Å². The first-order valence-electron chi connectivity index (χ1n) is 6.73. The van der Waals surface area contributed by atoms with Gasteiger partial charge in [0.15, 0.2) is 0 Å². The Morgan fingerprint density at radius 2 is 2.14 bits per heavy atom. The van der Waals surface area contributed by atoms with Crippen LogP contribution in [0.5, 0.6) is 0 Å². The third kappa shape index (κ3) is 3.35. The van der Waals surface area contributed by atoms with Gasteiger partial charge in [0.2, 0.25) is 0 Å². The quantitative estimate of drug-likeness (QED) is 0.794. The normalized spacial score (nSPS) is 10.4. The first-order chi connectivity index (χ1) is 10.7. The molecule has 0 spiro atoms. The first kappa shape index (κ1) is 14.4. The fraction of sp³-hybridized carbons (Fsp3) is 0.0588. The number of carbonyl (C=O) groups is 1. The molecule has 0 atom stereocenters. The standard InChI is InChI=1S/C17H13ClN2O2/c18-15-3-1-2-13(8-15)17(21)20-10-12-4-5-16(19-9-12)14-6-7-22-11-14/h1-9,11H,10H2,(H,20,21). The molecule has 4 nitrogen and oxygen atoms in total. The van der Waals surface area contributed by atoms with E-state index < -0.39 is 0 Å². The highest BCUT2D eigenvalue weighted by molar-refractivity contribution is 6.30. The molecule has 1 amide bonds. The second-order valence-corrected chi connectivity index (χ2v) is 5.19. The van der Waals surface area contributed by atoms with Crippen molar-refractivity contribution in [3.05, 3.63) is 77.3 Å². The summed E-state index contributed by atoms with van der Waals surface area (Å²) < 4.78 is 5.03. The lowest BCUT2D eigenvalue weighted by Gasteiger charge is -2.06. The van der Waals surface area contributed by atoms with Gasteiger partial charge in [0, 0.05) is 28.9 Å². The molecule has 110 valence electrons. The van der Waals surface area contributed by atoms with Gasteiger partial charge in [0.25, 0.3) is 5.91 Å². The number of furan rings is 1. The van der Waals surface area contributed by atoms with Crippen LogP contribution in [0.2, 0.25) is 5.02 Å². The molecule has 0 aliphatic rings. The van der Waals surface area contributed by atoms with E-state index in [1.54, 1.807) is 43.0 Å². The number of halogens is 1. The Labute approximate surface area is 132 Å². The maximum absolute atomic E-state index is 12.0. The largest absolute Gasteiger partial charge is 0.472 e. The third-order valence-electron chi connectivity index (χ3n) is 3.18. The van der Waals surface area contributed by atoms with E-state index in [4.69, 9.17) is 16.0 Å². The molecule has 22 heavy (non-hydrogen) atoms. The van der Waals surface area contributed by atoms with Crippen LogP contribution in [0.15, 0.2) is 65.6 Å².